The van der Waals surface area contributed by atoms with Crippen LogP contribution in [0.5, 0.6) is 0 Å². The molecule has 0 aliphatic heterocycles. The lowest BCUT2D eigenvalue weighted by Crippen LogP contribution is -2.09. The van der Waals surface area contributed by atoms with Gasteiger partial charge in [0.1, 0.15) is 0 Å². The second kappa shape index (κ2) is 6.92. The maximum atomic E-state index is 12.3. The molecule has 0 saturated heterocycles. The van der Waals surface area contributed by atoms with E-state index in [-0.39, 0.29) is 5.91 Å². The van der Waals surface area contributed by atoms with Crippen LogP contribution in [-0.4, -0.2) is 25.7 Å². The SMILES string of the molecule is Cc1nn(-c2ccccc2)c(C)c1/C=C/C(=O)Nc1nc2ccccc2[nH]1. The highest BCUT2D eigenvalue weighted by atomic mass is 16.1. The zero-order valence-electron chi connectivity index (χ0n) is 15.1. The highest BCUT2D eigenvalue weighted by molar-refractivity contribution is 6.01. The first kappa shape index (κ1) is 16.8. The number of imidazole rings is 1. The predicted molar refractivity (Wildman–Crippen MR) is 107 cm³/mol. The number of aromatic nitrogens is 4. The smallest absolute Gasteiger partial charge is 0.250 e. The number of carbonyl (C=O) groups excluding carboxylic acids is 1. The number of aryl methyl sites for hydroxylation is 1. The molecule has 0 atom stereocenters. The van der Waals surface area contributed by atoms with Crippen LogP contribution in [0.2, 0.25) is 0 Å². The van der Waals surface area contributed by atoms with Crippen molar-refractivity contribution in [3.63, 3.8) is 0 Å². The van der Waals surface area contributed by atoms with E-state index in [0.29, 0.717) is 5.95 Å². The van der Waals surface area contributed by atoms with Gasteiger partial charge in [0.15, 0.2) is 0 Å². The van der Waals surface area contributed by atoms with Crippen molar-refractivity contribution in [3.05, 3.63) is 77.6 Å². The number of rotatable bonds is 4. The van der Waals surface area contributed by atoms with Gasteiger partial charge in [-0.15, -0.1) is 0 Å². The van der Waals surface area contributed by atoms with Gasteiger partial charge in [0.25, 0.3) is 5.91 Å². The molecular formula is C21H19N5O. The quantitative estimate of drug-likeness (QED) is 0.542. The largest absolute Gasteiger partial charge is 0.324 e. The fourth-order valence-corrected chi connectivity index (χ4v) is 3.05. The first-order valence-corrected chi connectivity index (χ1v) is 8.67. The highest BCUT2D eigenvalue weighted by Crippen LogP contribution is 2.19. The van der Waals surface area contributed by atoms with Crippen molar-refractivity contribution in [2.45, 2.75) is 13.8 Å². The highest BCUT2D eigenvalue weighted by Gasteiger charge is 2.11. The molecule has 1 amide bonds. The maximum absolute atomic E-state index is 12.3. The van der Waals surface area contributed by atoms with E-state index < -0.39 is 0 Å². The molecule has 4 aromatic rings. The minimum Gasteiger partial charge on any atom is -0.324 e. The molecule has 0 aliphatic rings. The Hall–Kier alpha value is -3.67. The van der Waals surface area contributed by atoms with E-state index in [1.165, 1.54) is 6.08 Å². The molecule has 6 nitrogen and oxygen atoms in total. The molecule has 0 radical (unpaired) electrons. The summed E-state index contributed by atoms with van der Waals surface area (Å²) < 4.78 is 1.88. The number of amides is 1. The second-order valence-electron chi connectivity index (χ2n) is 6.26. The van der Waals surface area contributed by atoms with Crippen LogP contribution in [0.3, 0.4) is 0 Å². The number of H-pyrrole nitrogens is 1. The van der Waals surface area contributed by atoms with Crippen molar-refractivity contribution in [2.75, 3.05) is 5.32 Å². The Kier molecular flexibility index (Phi) is 4.30. The van der Waals surface area contributed by atoms with E-state index in [4.69, 9.17) is 0 Å². The third kappa shape index (κ3) is 3.37. The molecule has 2 aromatic heterocycles. The first-order chi connectivity index (χ1) is 13.1. The van der Waals surface area contributed by atoms with Crippen LogP contribution in [0.25, 0.3) is 22.8 Å². The van der Waals surface area contributed by atoms with Gasteiger partial charge >= 0.3 is 0 Å². The molecule has 0 bridgehead atoms. The van der Waals surface area contributed by atoms with Crippen LogP contribution in [0.4, 0.5) is 5.95 Å². The van der Waals surface area contributed by atoms with Gasteiger partial charge in [0.05, 0.1) is 22.4 Å². The van der Waals surface area contributed by atoms with Crippen molar-refractivity contribution in [2.24, 2.45) is 0 Å². The van der Waals surface area contributed by atoms with Crippen molar-refractivity contribution >= 4 is 29.0 Å². The molecule has 0 fully saturated rings. The number of benzene rings is 2. The number of fused-ring (bicyclic) bond motifs is 1. The summed E-state index contributed by atoms with van der Waals surface area (Å²) in [5.74, 6) is 0.180. The third-order valence-electron chi connectivity index (χ3n) is 4.38. The molecule has 0 aliphatic carbocycles. The first-order valence-electron chi connectivity index (χ1n) is 8.67. The summed E-state index contributed by atoms with van der Waals surface area (Å²) in [5, 5.41) is 7.35. The Balaban J connectivity index is 1.54. The third-order valence-corrected chi connectivity index (χ3v) is 4.38. The molecule has 4 rings (SSSR count). The monoisotopic (exact) mass is 357 g/mol. The summed E-state index contributed by atoms with van der Waals surface area (Å²) >= 11 is 0. The van der Waals surface area contributed by atoms with Crippen LogP contribution in [-0.2, 0) is 4.79 Å². The lowest BCUT2D eigenvalue weighted by atomic mass is 10.2. The van der Waals surface area contributed by atoms with Crippen LogP contribution in [0, 0.1) is 13.8 Å². The van der Waals surface area contributed by atoms with Gasteiger partial charge < -0.3 is 4.98 Å². The van der Waals surface area contributed by atoms with Crippen molar-refractivity contribution in [3.8, 4) is 5.69 Å². The van der Waals surface area contributed by atoms with E-state index in [1.807, 2.05) is 73.1 Å². The molecule has 27 heavy (non-hydrogen) atoms. The van der Waals surface area contributed by atoms with Crippen LogP contribution >= 0.6 is 0 Å². The van der Waals surface area contributed by atoms with E-state index in [9.17, 15) is 4.79 Å². The van der Waals surface area contributed by atoms with Gasteiger partial charge in [0, 0.05) is 17.3 Å². The van der Waals surface area contributed by atoms with Gasteiger partial charge in [-0.3, -0.25) is 10.1 Å². The molecule has 6 heteroatoms. The Labute approximate surface area is 156 Å². The zero-order valence-corrected chi connectivity index (χ0v) is 15.1. The van der Waals surface area contributed by atoms with Gasteiger partial charge in [-0.1, -0.05) is 30.3 Å². The average Bonchev–Trinajstić information content (AvgIpc) is 3.20. The van der Waals surface area contributed by atoms with Gasteiger partial charge in [-0.05, 0) is 44.2 Å². The lowest BCUT2D eigenvalue weighted by Gasteiger charge is -2.03. The van der Waals surface area contributed by atoms with Crippen molar-refractivity contribution in [1.82, 2.24) is 19.7 Å². The number of anilines is 1. The Bertz CT molecular complexity index is 1110. The molecule has 0 saturated carbocycles. The van der Waals surface area contributed by atoms with Gasteiger partial charge in [-0.25, -0.2) is 9.67 Å². The maximum Gasteiger partial charge on any atom is 0.250 e. The van der Waals surface area contributed by atoms with E-state index in [0.717, 1.165) is 33.7 Å². The molecular weight excluding hydrogens is 338 g/mol. The molecule has 2 aromatic carbocycles. The van der Waals surface area contributed by atoms with Crippen molar-refractivity contribution < 1.29 is 4.79 Å². The number of nitrogens with zero attached hydrogens (tertiary/aromatic N) is 3. The Morgan fingerprint density at radius 1 is 1.07 bits per heavy atom. The second-order valence-corrected chi connectivity index (χ2v) is 6.26. The summed E-state index contributed by atoms with van der Waals surface area (Å²) in [5.41, 5.74) is 5.46. The van der Waals surface area contributed by atoms with Crippen LogP contribution < -0.4 is 5.32 Å². The topological polar surface area (TPSA) is 75.6 Å². The fraction of sp³-hybridized carbons (Fsp3) is 0.0952. The zero-order chi connectivity index (χ0) is 18.8. The fourth-order valence-electron chi connectivity index (χ4n) is 3.05. The number of aromatic amines is 1. The number of hydrogen-bond acceptors (Lipinski definition) is 3. The number of para-hydroxylation sites is 3. The standard InChI is InChI=1S/C21H19N5O/c1-14-17(15(2)26(25-14)16-8-4-3-5-9-16)12-13-20(27)24-21-22-18-10-6-7-11-19(18)23-21/h3-13H,1-2H3,(H2,22,23,24,27)/b13-12+. The summed E-state index contributed by atoms with van der Waals surface area (Å²) in [6.07, 6.45) is 3.29. The summed E-state index contributed by atoms with van der Waals surface area (Å²) in [7, 11) is 0. The minimum absolute atomic E-state index is 0.250. The van der Waals surface area contributed by atoms with E-state index in [2.05, 4.69) is 20.4 Å². The van der Waals surface area contributed by atoms with Crippen molar-refractivity contribution in [1.29, 1.82) is 0 Å². The summed E-state index contributed by atoms with van der Waals surface area (Å²) in [6.45, 7) is 3.92. The minimum atomic E-state index is -0.250. The molecule has 2 heterocycles. The van der Waals surface area contributed by atoms with E-state index in [1.54, 1.807) is 6.08 Å². The predicted octanol–water partition coefficient (Wildman–Crippen LogP) is 4.02. The number of carbonyl (C=O) groups is 1. The van der Waals surface area contributed by atoms with Gasteiger partial charge in [-0.2, -0.15) is 5.10 Å². The number of nitrogens with one attached hydrogen (secondary N) is 2. The van der Waals surface area contributed by atoms with E-state index >= 15 is 0 Å². The Morgan fingerprint density at radius 3 is 2.59 bits per heavy atom. The van der Waals surface area contributed by atoms with Crippen LogP contribution in [0.1, 0.15) is 17.0 Å². The lowest BCUT2D eigenvalue weighted by molar-refractivity contribution is -0.111. The average molecular weight is 357 g/mol. The molecule has 0 spiro atoms. The molecule has 2 N–H and O–H groups in total. The van der Waals surface area contributed by atoms with Crippen LogP contribution in [0.15, 0.2) is 60.7 Å². The normalized spacial score (nSPS) is 11.3. The molecule has 134 valence electrons. The summed E-state index contributed by atoms with van der Waals surface area (Å²) in [6, 6.07) is 17.6. The molecule has 0 unspecified atom stereocenters. The Morgan fingerprint density at radius 2 is 1.81 bits per heavy atom. The van der Waals surface area contributed by atoms with Gasteiger partial charge in [0.2, 0.25) is 5.95 Å². The number of hydrogen-bond donors (Lipinski definition) is 2. The summed E-state index contributed by atoms with van der Waals surface area (Å²) in [4.78, 5) is 19.7.